The third kappa shape index (κ3) is 1.59. The number of aryl methyl sites for hydroxylation is 1. The summed E-state index contributed by atoms with van der Waals surface area (Å²) in [6.07, 6.45) is 2.45. The molecule has 61 valence electrons. The van der Waals surface area contributed by atoms with Gasteiger partial charge in [0.05, 0.1) is 0 Å². The van der Waals surface area contributed by atoms with Crippen molar-refractivity contribution in [2.45, 2.75) is 26.2 Å². The van der Waals surface area contributed by atoms with Crippen LogP contribution in [0.5, 0.6) is 0 Å². The Bertz CT molecular complexity index is 258. The normalized spacial score (nSPS) is 12.1. The fraction of sp³-hybridized carbons (Fsp3) is 0.625. The van der Waals surface area contributed by atoms with Crippen molar-refractivity contribution >= 4 is 0 Å². The maximum atomic E-state index is 13.0. The molecule has 1 rings (SSSR count). The number of aromatic nitrogens is 2. The van der Waals surface area contributed by atoms with E-state index in [1.165, 1.54) is 4.68 Å². The summed E-state index contributed by atoms with van der Waals surface area (Å²) in [6, 6.07) is 0. The van der Waals surface area contributed by atoms with Crippen LogP contribution in [0.2, 0.25) is 0 Å². The molecule has 1 heterocycles. The van der Waals surface area contributed by atoms with Crippen molar-refractivity contribution < 1.29 is 4.39 Å². The second-order valence-electron chi connectivity index (χ2n) is 3.65. The largest absolute Gasteiger partial charge is 0.263 e. The summed E-state index contributed by atoms with van der Waals surface area (Å²) < 4.78 is 14.3. The highest BCUT2D eigenvalue weighted by Crippen LogP contribution is 2.22. The lowest BCUT2D eigenvalue weighted by Crippen LogP contribution is -2.14. The van der Waals surface area contributed by atoms with Gasteiger partial charge in [0.2, 0.25) is 0 Å². The first-order valence-corrected chi connectivity index (χ1v) is 3.53. The molecule has 0 spiro atoms. The van der Waals surface area contributed by atoms with E-state index in [4.69, 9.17) is 0 Å². The quantitative estimate of drug-likeness (QED) is 0.557. The van der Waals surface area contributed by atoms with E-state index in [0.29, 0.717) is 5.69 Å². The molecule has 0 aliphatic heterocycles. The van der Waals surface area contributed by atoms with Crippen LogP contribution in [0.15, 0.2) is 0 Å². The van der Waals surface area contributed by atoms with Gasteiger partial charge in [0.25, 0.3) is 0 Å². The third-order valence-corrected chi connectivity index (χ3v) is 1.43. The monoisotopic (exact) mass is 155 g/mol. The van der Waals surface area contributed by atoms with Gasteiger partial charge in [-0.25, -0.2) is 4.39 Å². The molecule has 3 heteroatoms. The smallest absolute Gasteiger partial charge is 0.174 e. The molecule has 11 heavy (non-hydrogen) atoms. The first-order valence-electron chi connectivity index (χ1n) is 3.53. The van der Waals surface area contributed by atoms with E-state index in [1.54, 1.807) is 7.05 Å². The summed E-state index contributed by atoms with van der Waals surface area (Å²) in [5.41, 5.74) is 0.238. The Morgan fingerprint density at radius 2 is 2.00 bits per heavy atom. The Labute approximate surface area is 66.0 Å². The van der Waals surface area contributed by atoms with E-state index in [-0.39, 0.29) is 11.2 Å². The van der Waals surface area contributed by atoms with Crippen LogP contribution in [0.25, 0.3) is 0 Å². The summed E-state index contributed by atoms with van der Waals surface area (Å²) in [5.74, 6) is -0.347. The molecule has 0 bridgehead atoms. The fourth-order valence-electron chi connectivity index (χ4n) is 0.893. The summed E-state index contributed by atoms with van der Waals surface area (Å²) in [7, 11) is 1.66. The molecule has 0 fully saturated rings. The van der Waals surface area contributed by atoms with E-state index in [0.717, 1.165) is 0 Å². The summed E-state index contributed by atoms with van der Waals surface area (Å²) in [4.78, 5) is 0. The molecule has 0 aliphatic carbocycles. The highest BCUT2D eigenvalue weighted by molar-refractivity contribution is 5.12. The Balaban J connectivity index is 3.13. The second kappa shape index (κ2) is 2.32. The molecule has 0 aromatic carbocycles. The van der Waals surface area contributed by atoms with Crippen LogP contribution in [0.3, 0.4) is 0 Å². The molecular weight excluding hydrogens is 143 g/mol. The Morgan fingerprint density at radius 1 is 1.45 bits per heavy atom. The van der Waals surface area contributed by atoms with Gasteiger partial charge >= 0.3 is 0 Å². The molecular formula is C8H12FN2. The molecule has 1 radical (unpaired) electrons. The van der Waals surface area contributed by atoms with Crippen molar-refractivity contribution in [3.05, 3.63) is 17.7 Å². The molecule has 0 N–H and O–H groups in total. The lowest BCUT2D eigenvalue weighted by molar-refractivity contribution is 0.508. The Hall–Kier alpha value is -0.860. The average molecular weight is 155 g/mol. The Kier molecular flexibility index (Phi) is 1.74. The summed E-state index contributed by atoms with van der Waals surface area (Å²) in [6.45, 7) is 5.77. The number of nitrogens with zero attached hydrogens (tertiary/aromatic N) is 2. The molecule has 0 atom stereocenters. The fourth-order valence-corrected chi connectivity index (χ4v) is 0.893. The summed E-state index contributed by atoms with van der Waals surface area (Å²) >= 11 is 0. The number of rotatable bonds is 0. The zero-order valence-corrected chi connectivity index (χ0v) is 7.27. The van der Waals surface area contributed by atoms with Gasteiger partial charge in [0.15, 0.2) is 5.82 Å². The van der Waals surface area contributed by atoms with Crippen molar-refractivity contribution in [2.24, 2.45) is 7.05 Å². The van der Waals surface area contributed by atoms with Crippen LogP contribution in [0, 0.1) is 12.0 Å². The van der Waals surface area contributed by atoms with E-state index >= 15 is 0 Å². The maximum absolute atomic E-state index is 13.0. The van der Waals surface area contributed by atoms with Crippen LogP contribution in [-0.2, 0) is 12.5 Å². The number of hydrogen-bond acceptors (Lipinski definition) is 1. The van der Waals surface area contributed by atoms with Gasteiger partial charge in [-0.2, -0.15) is 5.10 Å². The van der Waals surface area contributed by atoms with Gasteiger partial charge in [-0.1, -0.05) is 20.8 Å². The third-order valence-electron chi connectivity index (χ3n) is 1.43. The molecule has 0 saturated heterocycles. The van der Waals surface area contributed by atoms with Crippen molar-refractivity contribution in [1.82, 2.24) is 9.78 Å². The van der Waals surface area contributed by atoms with Gasteiger partial charge in [0, 0.05) is 12.5 Å². The summed E-state index contributed by atoms with van der Waals surface area (Å²) in [5, 5.41) is 3.97. The van der Waals surface area contributed by atoms with E-state index < -0.39 is 0 Å². The minimum Gasteiger partial charge on any atom is -0.263 e. The van der Waals surface area contributed by atoms with Crippen LogP contribution in [-0.4, -0.2) is 9.78 Å². The minimum absolute atomic E-state index is 0.234. The van der Waals surface area contributed by atoms with E-state index in [2.05, 4.69) is 11.3 Å². The van der Waals surface area contributed by atoms with Crippen LogP contribution in [0.4, 0.5) is 4.39 Å². The maximum Gasteiger partial charge on any atom is 0.174 e. The lowest BCUT2D eigenvalue weighted by atomic mass is 9.92. The van der Waals surface area contributed by atoms with Crippen molar-refractivity contribution in [3.8, 4) is 0 Å². The van der Waals surface area contributed by atoms with Gasteiger partial charge in [-0.3, -0.25) is 4.68 Å². The highest BCUT2D eigenvalue weighted by atomic mass is 19.1. The second-order valence-corrected chi connectivity index (χ2v) is 3.65. The average Bonchev–Trinajstić information content (AvgIpc) is 2.08. The van der Waals surface area contributed by atoms with Crippen LogP contribution in [0.1, 0.15) is 26.5 Å². The molecule has 0 amide bonds. The topological polar surface area (TPSA) is 17.8 Å². The van der Waals surface area contributed by atoms with Crippen LogP contribution >= 0.6 is 0 Å². The van der Waals surface area contributed by atoms with Crippen molar-refractivity contribution in [1.29, 1.82) is 0 Å². The lowest BCUT2D eigenvalue weighted by Gasteiger charge is -2.14. The SMILES string of the molecule is Cn1[c]c(F)c(C(C)(C)C)n1. The van der Waals surface area contributed by atoms with E-state index in [1.807, 2.05) is 20.8 Å². The van der Waals surface area contributed by atoms with Gasteiger partial charge < -0.3 is 0 Å². The van der Waals surface area contributed by atoms with Crippen molar-refractivity contribution in [3.63, 3.8) is 0 Å². The standard InChI is InChI=1S/C8H12FN2/c1-8(2,3)7-6(9)5-11(4)10-7/h1-4H3. The van der Waals surface area contributed by atoms with Gasteiger partial charge in [-0.05, 0) is 0 Å². The zero-order valence-electron chi connectivity index (χ0n) is 7.27. The van der Waals surface area contributed by atoms with Gasteiger partial charge in [-0.15, -0.1) is 0 Å². The Morgan fingerprint density at radius 3 is 2.18 bits per heavy atom. The zero-order chi connectivity index (χ0) is 8.65. The van der Waals surface area contributed by atoms with Gasteiger partial charge in [0.1, 0.15) is 11.9 Å². The number of hydrogen-bond donors (Lipinski definition) is 0. The highest BCUT2D eigenvalue weighted by Gasteiger charge is 2.22. The predicted octanol–water partition coefficient (Wildman–Crippen LogP) is 1.66. The minimum atomic E-state index is -0.347. The molecule has 1 aromatic rings. The van der Waals surface area contributed by atoms with Crippen LogP contribution < -0.4 is 0 Å². The number of halogens is 1. The first-order chi connectivity index (χ1) is 4.91. The molecule has 1 aromatic heterocycles. The molecule has 0 aliphatic rings. The van der Waals surface area contributed by atoms with E-state index in [9.17, 15) is 4.39 Å². The first kappa shape index (κ1) is 8.24. The molecule has 2 nitrogen and oxygen atoms in total. The van der Waals surface area contributed by atoms with Crippen molar-refractivity contribution in [2.75, 3.05) is 0 Å². The molecule has 0 unspecified atom stereocenters. The predicted molar refractivity (Wildman–Crippen MR) is 40.7 cm³/mol. The molecule has 0 saturated carbocycles.